The fourth-order valence-electron chi connectivity index (χ4n) is 5.46. The molecule has 1 spiro atoms. The first-order chi connectivity index (χ1) is 12.4. The van der Waals surface area contributed by atoms with Crippen molar-refractivity contribution in [3.8, 4) is 0 Å². The molecule has 0 amide bonds. The molecule has 0 saturated carbocycles. The van der Waals surface area contributed by atoms with Gasteiger partial charge < -0.3 is 4.74 Å². The van der Waals surface area contributed by atoms with E-state index in [9.17, 15) is 4.79 Å². The van der Waals surface area contributed by atoms with Crippen LogP contribution in [0.4, 0.5) is 0 Å². The van der Waals surface area contributed by atoms with Gasteiger partial charge in [-0.25, -0.2) is 4.79 Å². The Labute approximate surface area is 155 Å². The van der Waals surface area contributed by atoms with E-state index in [1.807, 2.05) is 0 Å². The van der Waals surface area contributed by atoms with Gasteiger partial charge in [0.1, 0.15) is 0 Å². The number of ether oxygens (including phenoxy) is 1. The summed E-state index contributed by atoms with van der Waals surface area (Å²) in [7, 11) is 0. The number of rotatable bonds is 1. The lowest BCUT2D eigenvalue weighted by molar-refractivity contribution is -0.148. The van der Waals surface area contributed by atoms with Crippen LogP contribution in [0.15, 0.2) is 42.0 Å². The van der Waals surface area contributed by atoms with Crippen LogP contribution in [0.1, 0.15) is 57.6 Å². The third kappa shape index (κ3) is 2.19. The Morgan fingerprint density at radius 3 is 2.65 bits per heavy atom. The van der Waals surface area contributed by atoms with Crippen molar-refractivity contribution < 1.29 is 9.53 Å². The molecular formula is C23H27NO2. The molecule has 3 heterocycles. The van der Waals surface area contributed by atoms with E-state index in [0.717, 1.165) is 25.0 Å². The second kappa shape index (κ2) is 5.32. The molecule has 2 fully saturated rings. The highest BCUT2D eigenvalue weighted by Gasteiger charge is 2.61. The van der Waals surface area contributed by atoms with Crippen LogP contribution in [0.3, 0.4) is 0 Å². The van der Waals surface area contributed by atoms with Gasteiger partial charge in [0, 0.05) is 24.1 Å². The van der Waals surface area contributed by atoms with Crippen LogP contribution in [0.2, 0.25) is 0 Å². The molecule has 4 aliphatic rings. The maximum absolute atomic E-state index is 12.3. The fourth-order valence-corrected chi connectivity index (χ4v) is 5.46. The molecule has 3 aliphatic heterocycles. The summed E-state index contributed by atoms with van der Waals surface area (Å²) in [5.74, 6) is -0.162. The molecular weight excluding hydrogens is 322 g/mol. The molecule has 3 nitrogen and oxygen atoms in total. The van der Waals surface area contributed by atoms with Gasteiger partial charge in [-0.15, -0.1) is 0 Å². The molecule has 1 aliphatic carbocycles. The molecule has 5 rings (SSSR count). The highest BCUT2D eigenvalue weighted by Crippen LogP contribution is 2.55. The summed E-state index contributed by atoms with van der Waals surface area (Å²) in [6.07, 6.45) is 8.70. The summed E-state index contributed by atoms with van der Waals surface area (Å²) in [6.45, 7) is 7.83. The average molecular weight is 349 g/mol. The number of hydrogen-bond donors (Lipinski definition) is 0. The Kier molecular flexibility index (Phi) is 3.34. The second-order valence-electron chi connectivity index (χ2n) is 9.30. The number of carbonyl (C=O) groups excluding carboxylic acids is 1. The van der Waals surface area contributed by atoms with E-state index in [4.69, 9.17) is 4.74 Å². The van der Waals surface area contributed by atoms with Crippen LogP contribution in [-0.2, 0) is 14.9 Å². The standard InChI is InChI=1S/C23H27NO2/c1-22(2,3)16-9-7-15(8-10-16)18-12-17-14-23(19(18)13-21(25)26-23)20-6-4-5-11-24(17)20/h7-10,12-13,17,20H,4-6,11,14H2,1-3H3/t17-,20-,23+/m1/s1. The van der Waals surface area contributed by atoms with E-state index in [1.165, 1.54) is 29.5 Å². The van der Waals surface area contributed by atoms with Gasteiger partial charge in [0.2, 0.25) is 0 Å². The zero-order chi connectivity index (χ0) is 18.1. The van der Waals surface area contributed by atoms with E-state index in [-0.39, 0.29) is 11.4 Å². The minimum Gasteiger partial charge on any atom is -0.449 e. The molecule has 136 valence electrons. The third-order valence-electron chi connectivity index (χ3n) is 6.73. The molecule has 3 heteroatoms. The first kappa shape index (κ1) is 16.3. The van der Waals surface area contributed by atoms with Gasteiger partial charge in [-0.1, -0.05) is 57.5 Å². The minimum absolute atomic E-state index is 0.145. The first-order valence-corrected chi connectivity index (χ1v) is 9.92. The number of piperidine rings is 1. The van der Waals surface area contributed by atoms with Gasteiger partial charge in [0.15, 0.2) is 5.60 Å². The van der Waals surface area contributed by atoms with Crippen LogP contribution >= 0.6 is 0 Å². The summed E-state index contributed by atoms with van der Waals surface area (Å²) >= 11 is 0. The Bertz CT molecular complexity index is 827. The smallest absolute Gasteiger partial charge is 0.332 e. The molecule has 1 aromatic carbocycles. The topological polar surface area (TPSA) is 29.5 Å². The lowest BCUT2D eigenvalue weighted by Gasteiger charge is -2.38. The second-order valence-corrected chi connectivity index (χ2v) is 9.30. The van der Waals surface area contributed by atoms with Gasteiger partial charge >= 0.3 is 5.97 Å². The lowest BCUT2D eigenvalue weighted by Crippen LogP contribution is -2.48. The van der Waals surface area contributed by atoms with E-state index >= 15 is 0 Å². The normalized spacial score (nSPS) is 33.3. The van der Waals surface area contributed by atoms with Crippen molar-refractivity contribution in [3.05, 3.63) is 53.1 Å². The lowest BCUT2D eigenvalue weighted by atomic mass is 9.74. The molecule has 26 heavy (non-hydrogen) atoms. The number of benzene rings is 1. The summed E-state index contributed by atoms with van der Waals surface area (Å²) in [6, 6.07) is 9.62. The van der Waals surface area contributed by atoms with E-state index in [0.29, 0.717) is 12.1 Å². The SMILES string of the molecule is CC(C)(C)c1ccc(C2=C[C@@H]3C[C@@]4(OC(=O)C=C24)[C@H]2CCCCN32)cc1. The summed E-state index contributed by atoms with van der Waals surface area (Å²) in [4.78, 5) is 14.9. The Hall–Kier alpha value is -1.87. The monoisotopic (exact) mass is 349 g/mol. The van der Waals surface area contributed by atoms with Crippen molar-refractivity contribution in [3.63, 3.8) is 0 Å². The highest BCUT2D eigenvalue weighted by atomic mass is 16.6. The van der Waals surface area contributed by atoms with Crippen molar-refractivity contribution in [2.45, 2.75) is 69.6 Å². The first-order valence-electron chi connectivity index (χ1n) is 9.92. The Balaban J connectivity index is 1.59. The summed E-state index contributed by atoms with van der Waals surface area (Å²) in [5, 5.41) is 0. The van der Waals surface area contributed by atoms with Gasteiger partial charge in [0.25, 0.3) is 0 Å². The third-order valence-corrected chi connectivity index (χ3v) is 6.73. The van der Waals surface area contributed by atoms with Crippen molar-refractivity contribution in [1.82, 2.24) is 4.90 Å². The molecule has 0 N–H and O–H groups in total. The van der Waals surface area contributed by atoms with Crippen LogP contribution in [0.25, 0.3) is 5.57 Å². The van der Waals surface area contributed by atoms with Gasteiger partial charge in [0.05, 0.1) is 6.04 Å². The largest absolute Gasteiger partial charge is 0.449 e. The van der Waals surface area contributed by atoms with E-state index in [1.54, 1.807) is 6.08 Å². The molecule has 2 saturated heterocycles. The molecule has 0 radical (unpaired) electrons. The van der Waals surface area contributed by atoms with Crippen LogP contribution in [0, 0.1) is 0 Å². The van der Waals surface area contributed by atoms with E-state index in [2.05, 4.69) is 56.0 Å². The molecule has 0 aromatic heterocycles. The number of fused-ring (bicyclic) bond motifs is 3. The Morgan fingerprint density at radius 2 is 1.92 bits per heavy atom. The Morgan fingerprint density at radius 1 is 1.15 bits per heavy atom. The minimum atomic E-state index is -0.408. The predicted molar refractivity (Wildman–Crippen MR) is 103 cm³/mol. The highest BCUT2D eigenvalue weighted by molar-refractivity contribution is 5.97. The molecule has 0 unspecified atom stereocenters. The number of carbonyl (C=O) groups is 1. The number of hydrogen-bond acceptors (Lipinski definition) is 3. The van der Waals surface area contributed by atoms with Crippen molar-refractivity contribution >= 4 is 11.5 Å². The van der Waals surface area contributed by atoms with Gasteiger partial charge in [-0.2, -0.15) is 0 Å². The maximum Gasteiger partial charge on any atom is 0.332 e. The average Bonchev–Trinajstić information content (AvgIpc) is 3.09. The number of nitrogens with zero attached hydrogens (tertiary/aromatic N) is 1. The van der Waals surface area contributed by atoms with Crippen molar-refractivity contribution in [2.75, 3.05) is 6.54 Å². The van der Waals surface area contributed by atoms with Gasteiger partial charge in [-0.3, -0.25) is 4.90 Å². The van der Waals surface area contributed by atoms with E-state index < -0.39 is 5.60 Å². The van der Waals surface area contributed by atoms with Crippen molar-refractivity contribution in [2.24, 2.45) is 0 Å². The molecule has 1 aromatic rings. The predicted octanol–water partition coefficient (Wildman–Crippen LogP) is 4.23. The molecule has 3 atom stereocenters. The van der Waals surface area contributed by atoms with Gasteiger partial charge in [-0.05, 0) is 41.5 Å². The fraction of sp³-hybridized carbons (Fsp3) is 0.522. The van der Waals surface area contributed by atoms with Crippen LogP contribution in [-0.4, -0.2) is 35.1 Å². The molecule has 2 bridgehead atoms. The zero-order valence-electron chi connectivity index (χ0n) is 15.9. The van der Waals surface area contributed by atoms with Crippen molar-refractivity contribution in [1.29, 1.82) is 0 Å². The van der Waals surface area contributed by atoms with Crippen LogP contribution < -0.4 is 0 Å². The summed E-state index contributed by atoms with van der Waals surface area (Å²) < 4.78 is 6.03. The number of esters is 1. The maximum atomic E-state index is 12.3. The quantitative estimate of drug-likeness (QED) is 0.711. The zero-order valence-corrected chi connectivity index (χ0v) is 15.9. The summed E-state index contributed by atoms with van der Waals surface area (Å²) in [5.41, 5.74) is 4.61. The van der Waals surface area contributed by atoms with Crippen LogP contribution in [0.5, 0.6) is 0 Å².